The zero-order valence-corrected chi connectivity index (χ0v) is 17.2. The van der Waals surface area contributed by atoms with Gasteiger partial charge >= 0.3 is 6.18 Å². The Hall–Kier alpha value is -2.91. The second kappa shape index (κ2) is 7.65. The lowest BCUT2D eigenvalue weighted by molar-refractivity contribution is -0.267. The second-order valence-electron chi connectivity index (χ2n) is 8.77. The molecule has 2 aromatic carbocycles. The standard InChI is InChI=1S/C25H23F3N2O/c1-23(11-4-5-18-13-17(15-29)8-9-21(18)23)16-24(31,25(26,27)28)14-19-10-12-30-22-7-3-2-6-20(19)22/h2-3,6-10,12-13,31H,4-5,11,14,16H2,1H3. The fourth-order valence-corrected chi connectivity index (χ4v) is 4.98. The van der Waals surface area contributed by atoms with Gasteiger partial charge in [-0.3, -0.25) is 4.98 Å². The fraction of sp³-hybridized carbons (Fsp3) is 0.360. The van der Waals surface area contributed by atoms with Crippen molar-refractivity contribution in [3.8, 4) is 6.07 Å². The average molecular weight is 424 g/mol. The molecule has 0 saturated carbocycles. The van der Waals surface area contributed by atoms with Crippen molar-refractivity contribution in [2.75, 3.05) is 0 Å². The van der Waals surface area contributed by atoms with Crippen LogP contribution in [-0.4, -0.2) is 21.9 Å². The summed E-state index contributed by atoms with van der Waals surface area (Å²) in [5.74, 6) is 0. The van der Waals surface area contributed by atoms with E-state index < -0.39 is 30.0 Å². The molecule has 2 unspecified atom stereocenters. The maximum Gasteiger partial charge on any atom is 0.417 e. The minimum absolute atomic E-state index is 0.421. The lowest BCUT2D eigenvalue weighted by atomic mass is 9.65. The SMILES string of the molecule is CC1(CC(O)(Cc2ccnc3ccccc23)C(F)(F)F)CCCc2cc(C#N)ccc21. The van der Waals surface area contributed by atoms with Gasteiger partial charge in [-0.25, -0.2) is 0 Å². The molecule has 0 aliphatic heterocycles. The maximum absolute atomic E-state index is 14.3. The van der Waals surface area contributed by atoms with Gasteiger partial charge in [-0.05, 0) is 72.1 Å². The van der Waals surface area contributed by atoms with Gasteiger partial charge in [0, 0.05) is 18.0 Å². The van der Waals surface area contributed by atoms with Gasteiger partial charge in [0.1, 0.15) is 0 Å². The molecule has 6 heteroatoms. The Morgan fingerprint density at radius 2 is 1.94 bits per heavy atom. The zero-order chi connectivity index (χ0) is 22.3. The molecule has 2 atom stereocenters. The number of hydrogen-bond donors (Lipinski definition) is 1. The van der Waals surface area contributed by atoms with Crippen LogP contribution in [0.1, 0.15) is 48.4 Å². The van der Waals surface area contributed by atoms with Crippen molar-refractivity contribution < 1.29 is 18.3 Å². The lowest BCUT2D eigenvalue weighted by Gasteiger charge is -2.43. The number of alkyl halides is 3. The molecule has 4 rings (SSSR count). The number of para-hydroxylation sites is 1. The number of benzene rings is 2. The predicted molar refractivity (Wildman–Crippen MR) is 113 cm³/mol. The molecule has 160 valence electrons. The Morgan fingerprint density at radius 1 is 1.16 bits per heavy atom. The summed E-state index contributed by atoms with van der Waals surface area (Å²) in [6, 6.07) is 15.8. The summed E-state index contributed by atoms with van der Waals surface area (Å²) >= 11 is 0. The molecular weight excluding hydrogens is 401 g/mol. The van der Waals surface area contributed by atoms with Crippen LogP contribution in [0.25, 0.3) is 10.9 Å². The molecule has 0 spiro atoms. The van der Waals surface area contributed by atoms with Gasteiger partial charge < -0.3 is 5.11 Å². The van der Waals surface area contributed by atoms with Crippen LogP contribution in [0, 0.1) is 11.3 Å². The molecule has 1 N–H and O–H groups in total. The monoisotopic (exact) mass is 424 g/mol. The summed E-state index contributed by atoms with van der Waals surface area (Å²) in [6.45, 7) is 1.79. The van der Waals surface area contributed by atoms with Crippen molar-refractivity contribution in [3.05, 3.63) is 77.0 Å². The average Bonchev–Trinajstić information content (AvgIpc) is 2.73. The minimum atomic E-state index is -4.80. The van der Waals surface area contributed by atoms with Crippen LogP contribution < -0.4 is 0 Å². The van der Waals surface area contributed by atoms with Gasteiger partial charge in [0.05, 0.1) is 17.1 Å². The van der Waals surface area contributed by atoms with E-state index in [9.17, 15) is 18.3 Å². The molecule has 1 aromatic heterocycles. The molecule has 0 saturated heterocycles. The van der Waals surface area contributed by atoms with Crippen LogP contribution >= 0.6 is 0 Å². The molecule has 3 nitrogen and oxygen atoms in total. The number of nitriles is 1. The quantitative estimate of drug-likeness (QED) is 0.591. The highest BCUT2D eigenvalue weighted by Gasteiger charge is 2.57. The Bertz CT molecular complexity index is 1160. The molecule has 1 aliphatic rings. The van der Waals surface area contributed by atoms with Crippen LogP contribution in [0.2, 0.25) is 0 Å². The second-order valence-corrected chi connectivity index (χ2v) is 8.77. The fourth-order valence-electron chi connectivity index (χ4n) is 4.98. The molecule has 1 heterocycles. The van der Waals surface area contributed by atoms with Crippen LogP contribution in [0.5, 0.6) is 0 Å². The molecule has 0 amide bonds. The van der Waals surface area contributed by atoms with E-state index in [-0.39, 0.29) is 0 Å². The van der Waals surface area contributed by atoms with Crippen molar-refractivity contribution in [2.24, 2.45) is 0 Å². The molecule has 3 aromatic rings. The van der Waals surface area contributed by atoms with Gasteiger partial charge in [-0.15, -0.1) is 0 Å². The van der Waals surface area contributed by atoms with Crippen molar-refractivity contribution in [1.29, 1.82) is 5.26 Å². The Morgan fingerprint density at radius 3 is 2.68 bits per heavy atom. The van der Waals surface area contributed by atoms with E-state index in [0.29, 0.717) is 34.9 Å². The Balaban J connectivity index is 1.75. The summed E-state index contributed by atoms with van der Waals surface area (Å²) in [7, 11) is 0. The smallest absolute Gasteiger partial charge is 0.380 e. The summed E-state index contributed by atoms with van der Waals surface area (Å²) < 4.78 is 42.9. The molecule has 31 heavy (non-hydrogen) atoms. The highest BCUT2D eigenvalue weighted by atomic mass is 19.4. The van der Waals surface area contributed by atoms with E-state index in [1.165, 1.54) is 6.20 Å². The number of pyridine rings is 1. The summed E-state index contributed by atoms with van der Waals surface area (Å²) in [5, 5.41) is 20.9. The van der Waals surface area contributed by atoms with Gasteiger partial charge in [-0.2, -0.15) is 18.4 Å². The number of halogens is 3. The minimum Gasteiger partial charge on any atom is -0.380 e. The van der Waals surface area contributed by atoms with E-state index in [0.717, 1.165) is 17.5 Å². The van der Waals surface area contributed by atoms with Crippen molar-refractivity contribution in [2.45, 2.75) is 56.2 Å². The van der Waals surface area contributed by atoms with Crippen molar-refractivity contribution in [3.63, 3.8) is 0 Å². The summed E-state index contributed by atoms with van der Waals surface area (Å²) in [6.07, 6.45) is -2.33. The van der Waals surface area contributed by atoms with Crippen LogP contribution in [0.4, 0.5) is 13.2 Å². The van der Waals surface area contributed by atoms with Crippen molar-refractivity contribution in [1.82, 2.24) is 4.98 Å². The number of aliphatic hydroxyl groups is 1. The number of nitrogens with zero attached hydrogens (tertiary/aromatic N) is 2. The summed E-state index contributed by atoms with van der Waals surface area (Å²) in [5.41, 5.74) is -0.542. The van der Waals surface area contributed by atoms with E-state index in [1.807, 2.05) is 0 Å². The Labute approximate surface area is 179 Å². The number of fused-ring (bicyclic) bond motifs is 2. The topological polar surface area (TPSA) is 56.9 Å². The summed E-state index contributed by atoms with van der Waals surface area (Å²) in [4.78, 5) is 4.22. The molecule has 0 radical (unpaired) electrons. The first-order chi connectivity index (χ1) is 14.7. The largest absolute Gasteiger partial charge is 0.417 e. The van der Waals surface area contributed by atoms with Crippen LogP contribution in [0.15, 0.2) is 54.7 Å². The maximum atomic E-state index is 14.3. The van der Waals surface area contributed by atoms with Gasteiger partial charge in [0.15, 0.2) is 5.60 Å². The number of hydrogen-bond acceptors (Lipinski definition) is 3. The van der Waals surface area contributed by atoms with Gasteiger partial charge in [-0.1, -0.05) is 31.2 Å². The van der Waals surface area contributed by atoms with E-state index in [2.05, 4.69) is 11.1 Å². The highest BCUT2D eigenvalue weighted by Crippen LogP contribution is 2.48. The van der Waals surface area contributed by atoms with E-state index in [4.69, 9.17) is 5.26 Å². The lowest BCUT2D eigenvalue weighted by Crippen LogP contribution is -2.52. The molecule has 1 aliphatic carbocycles. The molecule has 0 fully saturated rings. The highest BCUT2D eigenvalue weighted by molar-refractivity contribution is 5.81. The predicted octanol–water partition coefficient (Wildman–Crippen LogP) is 5.63. The van der Waals surface area contributed by atoms with Crippen LogP contribution in [0.3, 0.4) is 0 Å². The van der Waals surface area contributed by atoms with Crippen molar-refractivity contribution >= 4 is 10.9 Å². The van der Waals surface area contributed by atoms with E-state index >= 15 is 0 Å². The molecular formula is C25H23F3N2O. The first-order valence-electron chi connectivity index (χ1n) is 10.3. The number of aromatic nitrogens is 1. The van der Waals surface area contributed by atoms with Gasteiger partial charge in [0.25, 0.3) is 0 Å². The zero-order valence-electron chi connectivity index (χ0n) is 17.2. The molecule has 0 bridgehead atoms. The first-order valence-corrected chi connectivity index (χ1v) is 10.3. The van der Waals surface area contributed by atoms with Crippen LogP contribution in [-0.2, 0) is 18.3 Å². The third-order valence-corrected chi connectivity index (χ3v) is 6.49. The van der Waals surface area contributed by atoms with E-state index in [1.54, 1.807) is 55.5 Å². The normalized spacial score (nSPS) is 20.6. The first kappa shape index (κ1) is 21.3. The number of aryl methyl sites for hydroxylation is 1. The third-order valence-electron chi connectivity index (χ3n) is 6.49. The number of rotatable bonds is 4. The van der Waals surface area contributed by atoms with Gasteiger partial charge in [0.2, 0.25) is 0 Å². The Kier molecular flexibility index (Phi) is 5.26. The third kappa shape index (κ3) is 3.90.